The number of carbonyl (C=O) groups is 1. The van der Waals surface area contributed by atoms with Gasteiger partial charge in [-0.15, -0.1) is 0 Å². The first-order valence-electron chi connectivity index (χ1n) is 14.4. The van der Waals surface area contributed by atoms with Gasteiger partial charge in [-0.2, -0.15) is 5.09 Å². The molecule has 15 heteroatoms. The van der Waals surface area contributed by atoms with E-state index in [4.69, 9.17) is 24.3 Å². The summed E-state index contributed by atoms with van der Waals surface area (Å²) in [7, 11) is -4.57. The highest BCUT2D eigenvalue weighted by Gasteiger charge is 2.54. The summed E-state index contributed by atoms with van der Waals surface area (Å²) in [5.74, 6) is -1.03. The normalized spacial score (nSPS) is 23.2. The summed E-state index contributed by atoms with van der Waals surface area (Å²) in [5.41, 5.74) is 3.23. The molecule has 0 amide bonds. The van der Waals surface area contributed by atoms with E-state index in [0.29, 0.717) is 5.39 Å². The van der Waals surface area contributed by atoms with Crippen LogP contribution in [-0.4, -0.2) is 56.3 Å². The standard InChI is InChI=1S/C31H35N4O10P/c1-19(2)25(29(39)42-17-20-9-4-3-5-10-20)34-46(41,45-23-14-8-12-21-11-6-7-13-22(21)23)43-18-31(32)27(38)26(37)28(44-31)35-16-15-24(36)33-30(35)40/h3-16,19,25-28,37-38H,17-18,32H2,1-2H3,(H,34,41)(H,33,36,40)/t25?,26-,27+,28-,31-,46?/m1/s1. The van der Waals surface area contributed by atoms with Gasteiger partial charge in [0.2, 0.25) is 0 Å². The Bertz CT molecular complexity index is 1840. The van der Waals surface area contributed by atoms with Gasteiger partial charge >= 0.3 is 19.4 Å². The molecule has 244 valence electrons. The van der Waals surface area contributed by atoms with Gasteiger partial charge in [0.25, 0.3) is 5.56 Å². The summed E-state index contributed by atoms with van der Waals surface area (Å²) in [6.45, 7) is 2.55. The Kier molecular flexibility index (Phi) is 9.89. The van der Waals surface area contributed by atoms with E-state index in [1.165, 1.54) is 0 Å². The van der Waals surface area contributed by atoms with Crippen LogP contribution in [-0.2, 0) is 30.0 Å². The molecule has 5 rings (SSSR count). The molecular weight excluding hydrogens is 619 g/mol. The second-order valence-corrected chi connectivity index (χ2v) is 12.9. The number of ether oxygens (including phenoxy) is 2. The highest BCUT2D eigenvalue weighted by atomic mass is 31.2. The number of nitrogens with one attached hydrogen (secondary N) is 2. The lowest BCUT2D eigenvalue weighted by Gasteiger charge is -2.31. The van der Waals surface area contributed by atoms with Crippen LogP contribution in [0.5, 0.6) is 5.75 Å². The molecule has 1 fully saturated rings. The monoisotopic (exact) mass is 654 g/mol. The number of carbonyl (C=O) groups excluding carboxylic acids is 1. The molecule has 46 heavy (non-hydrogen) atoms. The van der Waals surface area contributed by atoms with Crippen molar-refractivity contribution in [3.63, 3.8) is 0 Å². The molecule has 1 aliphatic heterocycles. The van der Waals surface area contributed by atoms with E-state index in [9.17, 15) is 29.2 Å². The summed E-state index contributed by atoms with van der Waals surface area (Å²) >= 11 is 0. The molecule has 3 aromatic carbocycles. The Balaban J connectivity index is 1.42. The van der Waals surface area contributed by atoms with Gasteiger partial charge in [0.05, 0.1) is 0 Å². The molecule has 0 aliphatic carbocycles. The van der Waals surface area contributed by atoms with Crippen LogP contribution in [0.15, 0.2) is 94.6 Å². The van der Waals surface area contributed by atoms with Gasteiger partial charge in [-0.05, 0) is 22.9 Å². The number of aliphatic hydroxyl groups is 2. The molecule has 2 unspecified atom stereocenters. The maximum absolute atomic E-state index is 14.5. The molecule has 0 saturated carbocycles. The largest absolute Gasteiger partial charge is 0.460 e. The lowest BCUT2D eigenvalue weighted by atomic mass is 10.1. The van der Waals surface area contributed by atoms with Crippen LogP contribution in [0.2, 0.25) is 0 Å². The minimum absolute atomic E-state index is 0.0325. The minimum atomic E-state index is -4.57. The average Bonchev–Trinajstić information content (AvgIpc) is 3.26. The Morgan fingerprint density at radius 2 is 1.76 bits per heavy atom. The third-order valence-electron chi connectivity index (χ3n) is 7.45. The summed E-state index contributed by atoms with van der Waals surface area (Å²) in [6.07, 6.45) is -4.06. The molecule has 1 aliphatic rings. The Morgan fingerprint density at radius 3 is 2.48 bits per heavy atom. The van der Waals surface area contributed by atoms with Crippen molar-refractivity contribution in [2.75, 3.05) is 6.61 Å². The van der Waals surface area contributed by atoms with Gasteiger partial charge in [0.1, 0.15) is 37.2 Å². The van der Waals surface area contributed by atoms with Gasteiger partial charge in [0, 0.05) is 17.6 Å². The summed E-state index contributed by atoms with van der Waals surface area (Å²) in [4.78, 5) is 39.2. The molecule has 2 heterocycles. The maximum Gasteiger partial charge on any atom is 0.459 e. The second kappa shape index (κ2) is 13.7. The predicted octanol–water partition coefficient (Wildman–Crippen LogP) is 2.16. The van der Waals surface area contributed by atoms with Crippen molar-refractivity contribution in [3.8, 4) is 5.75 Å². The highest BCUT2D eigenvalue weighted by Crippen LogP contribution is 2.49. The zero-order valence-corrected chi connectivity index (χ0v) is 25.9. The van der Waals surface area contributed by atoms with Gasteiger partial charge in [-0.1, -0.05) is 80.6 Å². The molecule has 1 aromatic heterocycles. The van der Waals surface area contributed by atoms with Crippen molar-refractivity contribution in [1.82, 2.24) is 14.6 Å². The number of hydrogen-bond donors (Lipinski definition) is 5. The number of aromatic amines is 1. The fourth-order valence-electron chi connectivity index (χ4n) is 4.92. The van der Waals surface area contributed by atoms with E-state index in [-0.39, 0.29) is 12.4 Å². The van der Waals surface area contributed by atoms with Crippen LogP contribution < -0.4 is 26.6 Å². The lowest BCUT2D eigenvalue weighted by Crippen LogP contribution is -2.55. The van der Waals surface area contributed by atoms with E-state index in [1.54, 1.807) is 62.4 Å². The zero-order valence-electron chi connectivity index (χ0n) is 25.0. The van der Waals surface area contributed by atoms with Crippen LogP contribution in [0, 0.1) is 5.92 Å². The zero-order chi connectivity index (χ0) is 33.1. The molecule has 6 atom stereocenters. The van der Waals surface area contributed by atoms with Gasteiger partial charge in [0.15, 0.2) is 12.0 Å². The first kappa shape index (κ1) is 33.2. The molecule has 1 saturated heterocycles. The number of H-pyrrole nitrogens is 1. The third-order valence-corrected chi connectivity index (χ3v) is 8.95. The first-order chi connectivity index (χ1) is 21.9. The number of esters is 1. The fourth-order valence-corrected chi connectivity index (χ4v) is 6.64. The van der Waals surface area contributed by atoms with Crippen molar-refractivity contribution >= 4 is 24.5 Å². The number of benzene rings is 3. The third kappa shape index (κ3) is 7.29. The van der Waals surface area contributed by atoms with Crippen LogP contribution in [0.1, 0.15) is 25.6 Å². The number of nitrogens with two attached hydrogens (primary N) is 1. The maximum atomic E-state index is 14.5. The number of nitrogens with zero attached hydrogens (tertiary/aromatic N) is 1. The lowest BCUT2D eigenvalue weighted by molar-refractivity contribution is -0.148. The van der Waals surface area contributed by atoms with Gasteiger partial charge in [-0.25, -0.2) is 9.36 Å². The van der Waals surface area contributed by atoms with Crippen molar-refractivity contribution in [2.45, 2.75) is 50.7 Å². The topological polar surface area (TPSA) is 204 Å². The van der Waals surface area contributed by atoms with Gasteiger partial charge in [-0.3, -0.25) is 29.4 Å². The summed E-state index contributed by atoms with van der Waals surface area (Å²) in [5, 5.41) is 25.7. The molecular formula is C31H35N4O10P. The number of hydrogen-bond acceptors (Lipinski definition) is 11. The van der Waals surface area contributed by atoms with Crippen molar-refractivity contribution in [1.29, 1.82) is 0 Å². The summed E-state index contributed by atoms with van der Waals surface area (Å²) in [6, 6.07) is 21.1. The van der Waals surface area contributed by atoms with E-state index >= 15 is 0 Å². The quantitative estimate of drug-likeness (QED) is 0.110. The van der Waals surface area contributed by atoms with E-state index in [2.05, 4.69) is 5.09 Å². The highest BCUT2D eigenvalue weighted by molar-refractivity contribution is 7.52. The minimum Gasteiger partial charge on any atom is -0.460 e. The molecule has 0 bridgehead atoms. The number of fused-ring (bicyclic) bond motifs is 1. The van der Waals surface area contributed by atoms with E-state index in [1.807, 2.05) is 29.2 Å². The molecule has 0 radical (unpaired) electrons. The van der Waals surface area contributed by atoms with Crippen LogP contribution in [0.25, 0.3) is 10.8 Å². The predicted molar refractivity (Wildman–Crippen MR) is 167 cm³/mol. The average molecular weight is 655 g/mol. The molecule has 14 nitrogen and oxygen atoms in total. The van der Waals surface area contributed by atoms with E-state index in [0.717, 1.165) is 27.8 Å². The molecule has 0 spiro atoms. The number of rotatable bonds is 12. The number of aliphatic hydroxyl groups excluding tert-OH is 2. The first-order valence-corrected chi connectivity index (χ1v) is 16.0. The fraction of sp³-hybridized carbons (Fsp3) is 0.323. The van der Waals surface area contributed by atoms with Crippen LogP contribution in [0.4, 0.5) is 0 Å². The van der Waals surface area contributed by atoms with E-state index < -0.39 is 67.7 Å². The smallest absolute Gasteiger partial charge is 0.459 e. The molecule has 4 aromatic rings. The van der Waals surface area contributed by atoms with Crippen LogP contribution >= 0.6 is 7.75 Å². The van der Waals surface area contributed by atoms with Crippen LogP contribution in [0.3, 0.4) is 0 Å². The Hall–Kier alpha value is -4.14. The molecule has 6 N–H and O–H groups in total. The van der Waals surface area contributed by atoms with Crippen molar-refractivity contribution in [3.05, 3.63) is 111 Å². The summed E-state index contributed by atoms with van der Waals surface area (Å²) < 4.78 is 38.3. The van der Waals surface area contributed by atoms with Gasteiger partial charge < -0.3 is 24.2 Å². The second-order valence-electron chi connectivity index (χ2n) is 11.2. The van der Waals surface area contributed by atoms with Crippen molar-refractivity contribution < 1.29 is 38.1 Å². The van der Waals surface area contributed by atoms with Crippen molar-refractivity contribution in [2.24, 2.45) is 11.7 Å². The number of aromatic nitrogens is 2. The Labute approximate surface area is 263 Å². The SMILES string of the molecule is CC(C)C(NP(=O)(OC[C@@]1(N)O[C@@H](n2ccc(=O)[nH]c2=O)[C@H](O)[C@@H]1O)Oc1cccc2ccccc12)C(=O)OCc1ccccc1. The Morgan fingerprint density at radius 1 is 1.07 bits per heavy atom.